The van der Waals surface area contributed by atoms with Gasteiger partial charge in [-0.05, 0) is 6.42 Å². The van der Waals surface area contributed by atoms with E-state index in [1.165, 1.54) is 70.6 Å². The number of likely N-dealkylation sites (N-methyl/N-ethyl adjacent to an activating group) is 1. The molecule has 31 heavy (non-hydrogen) atoms. The summed E-state index contributed by atoms with van der Waals surface area (Å²) in [6, 6.07) is 0. The number of carbonyl (C=O) groups excluding carboxylic acids is 1. The molecule has 2 atom stereocenters. The zero-order chi connectivity index (χ0) is 23.4. The van der Waals surface area contributed by atoms with E-state index in [9.17, 15) is 14.7 Å². The Morgan fingerprint density at radius 1 is 0.839 bits per heavy atom. The largest absolute Gasteiger partial charge is 0.550 e. The summed E-state index contributed by atoms with van der Waals surface area (Å²) in [6.45, 7) is 4.49. The summed E-state index contributed by atoms with van der Waals surface area (Å²) in [5.41, 5.74) is 0. The Bertz CT molecular complexity index is 427. The van der Waals surface area contributed by atoms with Gasteiger partial charge in [-0.2, -0.15) is 0 Å². The third kappa shape index (κ3) is 31.4. The lowest BCUT2D eigenvalue weighted by Crippen LogP contribution is -2.43. The predicted octanol–water partition coefficient (Wildman–Crippen LogP) is 4.41. The molecule has 0 heterocycles. The molecule has 0 aliphatic rings. The van der Waals surface area contributed by atoms with Gasteiger partial charge in [0.25, 0.3) is 0 Å². The fraction of sp³-hybridized carbons (Fsp3) is 0.917. The van der Waals surface area contributed by atoms with E-state index >= 15 is 0 Å². The van der Waals surface area contributed by atoms with Gasteiger partial charge in [-0.3, -0.25) is 4.79 Å². The molecule has 0 aromatic carbocycles. The molecule has 2 unspecified atom stereocenters. The van der Waals surface area contributed by atoms with Crippen LogP contribution in [0.5, 0.6) is 0 Å². The smallest absolute Gasteiger partial charge is 0.306 e. The summed E-state index contributed by atoms with van der Waals surface area (Å²) in [5, 5.41) is 27.9. The molecule has 0 saturated heterocycles. The van der Waals surface area contributed by atoms with Gasteiger partial charge in [0.1, 0.15) is 12.6 Å². The SMILES string of the molecule is CCCCCCCCCCCCCCC(C)C(=O)O.C[N+](C)(C)CC(O)CC(=O)[O-].Cl. The molecule has 7 heteroatoms. The third-order valence-electron chi connectivity index (χ3n) is 5.07. The standard InChI is InChI=1S/C17H34O2.C7H15NO3.ClH/c1-3-4-5-6-7-8-9-10-11-12-13-14-15-16(2)17(18)19;1-8(2,3)5-6(9)4-7(10)11;/h16H,3-15H2,1-2H3,(H,18,19);6,9H,4-5H2,1-3H3;1H. The van der Waals surface area contributed by atoms with Gasteiger partial charge >= 0.3 is 5.97 Å². The first-order valence-electron chi connectivity index (χ1n) is 11.9. The average Bonchev–Trinajstić information content (AvgIpc) is 2.60. The summed E-state index contributed by atoms with van der Waals surface area (Å²) in [4.78, 5) is 20.6. The number of aliphatic carboxylic acids is 2. The lowest BCUT2D eigenvalue weighted by Gasteiger charge is -2.26. The normalized spacial score (nSPS) is 12.8. The van der Waals surface area contributed by atoms with Crippen molar-refractivity contribution >= 4 is 24.3 Å². The molecule has 0 aromatic rings. The third-order valence-corrected chi connectivity index (χ3v) is 5.07. The molecule has 0 bridgehead atoms. The second-order valence-corrected chi connectivity index (χ2v) is 9.62. The van der Waals surface area contributed by atoms with Crippen molar-refractivity contribution in [1.82, 2.24) is 0 Å². The van der Waals surface area contributed by atoms with Crippen LogP contribution < -0.4 is 5.11 Å². The van der Waals surface area contributed by atoms with Gasteiger partial charge in [0.2, 0.25) is 0 Å². The predicted molar refractivity (Wildman–Crippen MR) is 128 cm³/mol. The number of carboxylic acids is 2. The summed E-state index contributed by atoms with van der Waals surface area (Å²) in [6.07, 6.45) is 15.8. The van der Waals surface area contributed by atoms with Gasteiger partial charge in [0.15, 0.2) is 0 Å². The van der Waals surface area contributed by atoms with Crippen LogP contribution in [0.25, 0.3) is 0 Å². The fourth-order valence-corrected chi connectivity index (χ4v) is 3.30. The molecule has 2 N–H and O–H groups in total. The molecule has 0 aromatic heterocycles. The van der Waals surface area contributed by atoms with Crippen molar-refractivity contribution in [2.45, 2.75) is 110 Å². The zero-order valence-corrected chi connectivity index (χ0v) is 21.6. The Labute approximate surface area is 197 Å². The van der Waals surface area contributed by atoms with Gasteiger partial charge in [0, 0.05) is 12.4 Å². The monoisotopic (exact) mass is 467 g/mol. The van der Waals surface area contributed by atoms with Crippen molar-refractivity contribution in [3.8, 4) is 0 Å². The van der Waals surface area contributed by atoms with Crippen molar-refractivity contribution in [2.75, 3.05) is 27.7 Å². The molecule has 0 rings (SSSR count). The van der Waals surface area contributed by atoms with Crippen LogP contribution >= 0.6 is 12.4 Å². The Kier molecular flexibility index (Phi) is 25.1. The second kappa shape index (κ2) is 22.3. The summed E-state index contributed by atoms with van der Waals surface area (Å²) >= 11 is 0. The Hall–Kier alpha value is -0.850. The highest BCUT2D eigenvalue weighted by atomic mass is 35.5. The van der Waals surface area contributed by atoms with Crippen LogP contribution in [0.4, 0.5) is 0 Å². The minimum Gasteiger partial charge on any atom is -0.550 e. The highest BCUT2D eigenvalue weighted by Crippen LogP contribution is 2.14. The number of nitrogens with zero attached hydrogens (tertiary/aromatic N) is 1. The number of hydrogen-bond acceptors (Lipinski definition) is 4. The molecule has 0 amide bonds. The van der Waals surface area contributed by atoms with Crippen molar-refractivity contribution in [3.05, 3.63) is 0 Å². The van der Waals surface area contributed by atoms with E-state index < -0.39 is 18.0 Å². The van der Waals surface area contributed by atoms with E-state index in [0.29, 0.717) is 11.0 Å². The fourth-order valence-electron chi connectivity index (χ4n) is 3.30. The number of unbranched alkanes of at least 4 members (excludes halogenated alkanes) is 11. The molecule has 0 aliphatic carbocycles. The minimum absolute atomic E-state index is 0. The quantitative estimate of drug-likeness (QED) is 0.230. The maximum absolute atomic E-state index is 10.6. The van der Waals surface area contributed by atoms with E-state index in [2.05, 4.69) is 6.92 Å². The molecular weight excluding hydrogens is 418 g/mol. The van der Waals surface area contributed by atoms with Gasteiger partial charge in [-0.15, -0.1) is 12.4 Å². The van der Waals surface area contributed by atoms with E-state index in [4.69, 9.17) is 10.2 Å². The summed E-state index contributed by atoms with van der Waals surface area (Å²) in [5.74, 6) is -2.02. The first-order chi connectivity index (χ1) is 14.0. The lowest BCUT2D eigenvalue weighted by molar-refractivity contribution is -0.873. The number of rotatable bonds is 18. The molecule has 0 radical (unpaired) electrons. The topological polar surface area (TPSA) is 97.7 Å². The first-order valence-corrected chi connectivity index (χ1v) is 11.9. The Balaban J connectivity index is -0.000000560. The highest BCUT2D eigenvalue weighted by Gasteiger charge is 2.14. The second-order valence-electron chi connectivity index (χ2n) is 9.62. The number of hydrogen-bond donors (Lipinski definition) is 2. The van der Waals surface area contributed by atoms with Gasteiger partial charge in [0.05, 0.1) is 27.1 Å². The Morgan fingerprint density at radius 2 is 1.23 bits per heavy atom. The van der Waals surface area contributed by atoms with Crippen LogP contribution in [0.1, 0.15) is 104 Å². The number of aliphatic hydroxyl groups is 1. The van der Waals surface area contributed by atoms with Crippen molar-refractivity contribution in [3.63, 3.8) is 0 Å². The van der Waals surface area contributed by atoms with Gasteiger partial charge in [-0.25, -0.2) is 0 Å². The number of aliphatic hydroxyl groups excluding tert-OH is 1. The van der Waals surface area contributed by atoms with Crippen LogP contribution in [-0.2, 0) is 9.59 Å². The highest BCUT2D eigenvalue weighted by molar-refractivity contribution is 5.85. The van der Waals surface area contributed by atoms with Crippen LogP contribution in [-0.4, -0.2) is 60.4 Å². The van der Waals surface area contributed by atoms with E-state index in [-0.39, 0.29) is 24.7 Å². The molecule has 188 valence electrons. The van der Waals surface area contributed by atoms with Gasteiger partial charge < -0.3 is 24.6 Å². The van der Waals surface area contributed by atoms with Crippen molar-refractivity contribution < 1.29 is 29.4 Å². The molecule has 6 nitrogen and oxygen atoms in total. The maximum Gasteiger partial charge on any atom is 0.306 e. The van der Waals surface area contributed by atoms with E-state index in [1.54, 1.807) is 6.92 Å². The van der Waals surface area contributed by atoms with Crippen molar-refractivity contribution in [2.24, 2.45) is 5.92 Å². The maximum atomic E-state index is 10.6. The molecule has 0 spiro atoms. The molecule has 0 fully saturated rings. The lowest BCUT2D eigenvalue weighted by atomic mass is 10.0. The molecule has 0 saturated carbocycles. The number of quaternary nitrogens is 1. The van der Waals surface area contributed by atoms with Crippen LogP contribution in [0.2, 0.25) is 0 Å². The first kappa shape index (κ1) is 34.8. The number of halogens is 1. The van der Waals surface area contributed by atoms with Crippen molar-refractivity contribution in [1.29, 1.82) is 0 Å². The van der Waals surface area contributed by atoms with Crippen LogP contribution in [0.15, 0.2) is 0 Å². The average molecular weight is 468 g/mol. The zero-order valence-electron chi connectivity index (χ0n) is 20.7. The number of carboxylic acid groups (broad SMARTS) is 2. The van der Waals surface area contributed by atoms with Gasteiger partial charge in [-0.1, -0.05) is 90.9 Å². The number of carbonyl (C=O) groups is 2. The molecule has 0 aliphatic heterocycles. The minimum atomic E-state index is -1.20. The van der Waals surface area contributed by atoms with E-state index in [1.807, 2.05) is 21.1 Å². The van der Waals surface area contributed by atoms with Crippen LogP contribution in [0.3, 0.4) is 0 Å². The Morgan fingerprint density at radius 3 is 1.55 bits per heavy atom. The summed E-state index contributed by atoms with van der Waals surface area (Å²) < 4.78 is 0.550. The molecular formula is C24H50ClNO5. The van der Waals surface area contributed by atoms with E-state index in [0.717, 1.165) is 12.8 Å². The van der Waals surface area contributed by atoms with Crippen LogP contribution in [0, 0.1) is 5.92 Å². The summed E-state index contributed by atoms with van der Waals surface area (Å²) in [7, 11) is 5.66.